The van der Waals surface area contributed by atoms with Crippen LogP contribution in [0.4, 0.5) is 0 Å². The van der Waals surface area contributed by atoms with E-state index in [2.05, 4.69) is 42.0 Å². The average molecular weight is 315 g/mol. The van der Waals surface area contributed by atoms with Crippen molar-refractivity contribution in [2.45, 2.75) is 59.0 Å². The van der Waals surface area contributed by atoms with Gasteiger partial charge in [-0.2, -0.15) is 0 Å². The van der Waals surface area contributed by atoms with Gasteiger partial charge in [-0.25, -0.2) is 0 Å². The third-order valence-electron chi connectivity index (χ3n) is 2.93. The van der Waals surface area contributed by atoms with Crippen molar-refractivity contribution >= 4 is 21.8 Å². The smallest absolute Gasteiger partial charge is 0.268 e. The zero-order valence-corrected chi connectivity index (χ0v) is 13.1. The average Bonchev–Trinajstić information content (AvgIpc) is 2.68. The number of aryl methyl sites for hydroxylation is 1. The minimum absolute atomic E-state index is 0.0257. The Morgan fingerprint density at radius 3 is 2.78 bits per heavy atom. The first-order valence-corrected chi connectivity index (χ1v) is 7.54. The van der Waals surface area contributed by atoms with Gasteiger partial charge in [0.2, 0.25) is 0 Å². The molecule has 1 rings (SSSR count). The van der Waals surface area contributed by atoms with Crippen LogP contribution in [0.25, 0.3) is 0 Å². The van der Waals surface area contributed by atoms with E-state index >= 15 is 0 Å². The van der Waals surface area contributed by atoms with Crippen LogP contribution in [-0.4, -0.2) is 16.5 Å². The van der Waals surface area contributed by atoms with Crippen LogP contribution < -0.4 is 5.32 Å². The molecule has 0 aliphatic heterocycles. The Kier molecular flexibility index (Phi) is 6.47. The summed E-state index contributed by atoms with van der Waals surface area (Å²) >= 11 is 3.43. The molecular formula is C14H23BrN2O. The van der Waals surface area contributed by atoms with Crippen LogP contribution in [-0.2, 0) is 6.54 Å². The number of carbonyl (C=O) groups is 1. The van der Waals surface area contributed by atoms with E-state index in [-0.39, 0.29) is 11.9 Å². The zero-order valence-electron chi connectivity index (χ0n) is 11.5. The fourth-order valence-electron chi connectivity index (χ4n) is 1.97. The summed E-state index contributed by atoms with van der Waals surface area (Å²) in [6, 6.07) is 2.12. The molecule has 1 unspecified atom stereocenters. The molecule has 102 valence electrons. The number of nitrogens with one attached hydrogen (secondary N) is 1. The largest absolute Gasteiger partial charge is 0.348 e. The van der Waals surface area contributed by atoms with Crippen molar-refractivity contribution < 1.29 is 4.79 Å². The molecule has 0 radical (unpaired) electrons. The normalized spacial score (nSPS) is 12.4. The number of halogens is 1. The topological polar surface area (TPSA) is 34.0 Å². The zero-order chi connectivity index (χ0) is 13.5. The molecule has 0 saturated heterocycles. The van der Waals surface area contributed by atoms with E-state index in [0.717, 1.165) is 42.4 Å². The van der Waals surface area contributed by atoms with Gasteiger partial charge >= 0.3 is 0 Å². The molecule has 0 spiro atoms. The highest BCUT2D eigenvalue weighted by Crippen LogP contribution is 2.16. The van der Waals surface area contributed by atoms with Crippen LogP contribution in [0.15, 0.2) is 16.7 Å². The summed E-state index contributed by atoms with van der Waals surface area (Å²) in [6.07, 6.45) is 6.35. The summed E-state index contributed by atoms with van der Waals surface area (Å²) < 4.78 is 2.97. The number of amides is 1. The van der Waals surface area contributed by atoms with Crippen LogP contribution in [0.5, 0.6) is 0 Å². The van der Waals surface area contributed by atoms with Gasteiger partial charge < -0.3 is 9.88 Å². The first-order valence-electron chi connectivity index (χ1n) is 6.75. The van der Waals surface area contributed by atoms with E-state index in [9.17, 15) is 4.79 Å². The lowest BCUT2D eigenvalue weighted by Gasteiger charge is -2.14. The van der Waals surface area contributed by atoms with Crippen LogP contribution in [0.3, 0.4) is 0 Å². The molecule has 1 amide bonds. The van der Waals surface area contributed by atoms with Gasteiger partial charge in [-0.05, 0) is 41.8 Å². The van der Waals surface area contributed by atoms with E-state index < -0.39 is 0 Å². The molecule has 1 aromatic heterocycles. The van der Waals surface area contributed by atoms with Gasteiger partial charge in [0.15, 0.2) is 0 Å². The minimum atomic E-state index is 0.0257. The Morgan fingerprint density at radius 2 is 2.17 bits per heavy atom. The maximum atomic E-state index is 12.2. The highest BCUT2D eigenvalue weighted by atomic mass is 79.9. The molecule has 1 N–H and O–H groups in total. The fraction of sp³-hybridized carbons (Fsp3) is 0.643. The number of hydrogen-bond donors (Lipinski definition) is 1. The Bertz CT molecular complexity index is 387. The summed E-state index contributed by atoms with van der Waals surface area (Å²) in [5, 5.41) is 3.06. The Morgan fingerprint density at radius 1 is 1.44 bits per heavy atom. The van der Waals surface area contributed by atoms with E-state index in [0.29, 0.717) is 0 Å². The molecule has 0 saturated carbocycles. The van der Waals surface area contributed by atoms with Gasteiger partial charge in [0.1, 0.15) is 5.69 Å². The van der Waals surface area contributed by atoms with Gasteiger partial charge in [-0.1, -0.05) is 26.7 Å². The SMILES string of the molecule is CCCCC(C)NC(=O)c1cc(Br)cn1CCC. The van der Waals surface area contributed by atoms with E-state index in [1.54, 1.807) is 0 Å². The third-order valence-corrected chi connectivity index (χ3v) is 3.36. The monoisotopic (exact) mass is 314 g/mol. The highest BCUT2D eigenvalue weighted by Gasteiger charge is 2.14. The van der Waals surface area contributed by atoms with Gasteiger partial charge in [0.05, 0.1) is 0 Å². The predicted octanol–water partition coefficient (Wildman–Crippen LogP) is 3.97. The van der Waals surface area contributed by atoms with Crippen LogP contribution in [0, 0.1) is 0 Å². The van der Waals surface area contributed by atoms with Gasteiger partial charge in [-0.15, -0.1) is 0 Å². The number of rotatable bonds is 7. The molecule has 18 heavy (non-hydrogen) atoms. The van der Waals surface area contributed by atoms with E-state index in [4.69, 9.17) is 0 Å². The molecular weight excluding hydrogens is 292 g/mol. The van der Waals surface area contributed by atoms with Crippen LogP contribution in [0.2, 0.25) is 0 Å². The Balaban J connectivity index is 2.65. The number of aromatic nitrogens is 1. The summed E-state index contributed by atoms with van der Waals surface area (Å²) in [5.74, 6) is 0.0257. The molecule has 0 aliphatic carbocycles. The standard InChI is InChI=1S/C14H23BrN2O/c1-4-6-7-11(3)16-14(18)13-9-12(15)10-17(13)8-5-2/h9-11H,4-8H2,1-3H3,(H,16,18). The fourth-order valence-corrected chi connectivity index (χ4v) is 2.44. The highest BCUT2D eigenvalue weighted by molar-refractivity contribution is 9.10. The number of unbranched alkanes of at least 4 members (excludes halogenated alkanes) is 1. The van der Waals surface area contributed by atoms with Gasteiger partial charge in [0, 0.05) is 23.3 Å². The predicted molar refractivity (Wildman–Crippen MR) is 78.9 cm³/mol. The quantitative estimate of drug-likeness (QED) is 0.811. The van der Waals surface area contributed by atoms with E-state index in [1.807, 2.05) is 16.8 Å². The molecule has 0 aliphatic rings. The van der Waals surface area contributed by atoms with Crippen molar-refractivity contribution in [3.8, 4) is 0 Å². The number of hydrogen-bond acceptors (Lipinski definition) is 1. The van der Waals surface area contributed by atoms with Gasteiger partial charge in [0.25, 0.3) is 5.91 Å². The lowest BCUT2D eigenvalue weighted by molar-refractivity contribution is 0.0928. The number of nitrogens with zero attached hydrogens (tertiary/aromatic N) is 1. The molecule has 0 fully saturated rings. The van der Waals surface area contributed by atoms with E-state index in [1.165, 1.54) is 0 Å². The maximum absolute atomic E-state index is 12.2. The molecule has 1 heterocycles. The summed E-state index contributed by atoms with van der Waals surface area (Å²) in [5.41, 5.74) is 0.743. The lowest BCUT2D eigenvalue weighted by atomic mass is 10.1. The lowest BCUT2D eigenvalue weighted by Crippen LogP contribution is -2.33. The van der Waals surface area contributed by atoms with Crippen molar-refractivity contribution in [1.82, 2.24) is 9.88 Å². The Labute approximate surface area is 118 Å². The second-order valence-corrected chi connectivity index (χ2v) is 5.67. The molecule has 3 nitrogen and oxygen atoms in total. The summed E-state index contributed by atoms with van der Waals surface area (Å²) in [6.45, 7) is 7.21. The minimum Gasteiger partial charge on any atom is -0.348 e. The third kappa shape index (κ3) is 4.48. The van der Waals surface area contributed by atoms with Crippen LogP contribution >= 0.6 is 15.9 Å². The summed E-state index contributed by atoms with van der Waals surface area (Å²) in [4.78, 5) is 12.2. The molecule has 1 atom stereocenters. The van der Waals surface area contributed by atoms with Crippen molar-refractivity contribution in [2.75, 3.05) is 0 Å². The second kappa shape index (κ2) is 7.62. The molecule has 0 bridgehead atoms. The van der Waals surface area contributed by atoms with Crippen LogP contribution in [0.1, 0.15) is 56.9 Å². The Hall–Kier alpha value is -0.770. The maximum Gasteiger partial charge on any atom is 0.268 e. The van der Waals surface area contributed by atoms with Crippen molar-refractivity contribution in [1.29, 1.82) is 0 Å². The van der Waals surface area contributed by atoms with Crippen molar-refractivity contribution in [3.05, 3.63) is 22.4 Å². The van der Waals surface area contributed by atoms with Crippen molar-refractivity contribution in [2.24, 2.45) is 0 Å². The molecule has 4 heteroatoms. The molecule has 0 aromatic carbocycles. The van der Waals surface area contributed by atoms with Gasteiger partial charge in [-0.3, -0.25) is 4.79 Å². The summed E-state index contributed by atoms with van der Waals surface area (Å²) in [7, 11) is 0. The first-order chi connectivity index (χ1) is 8.58. The van der Waals surface area contributed by atoms with Crippen molar-refractivity contribution in [3.63, 3.8) is 0 Å². The number of carbonyl (C=O) groups excluding carboxylic acids is 1. The molecule has 1 aromatic rings. The first kappa shape index (κ1) is 15.3. The second-order valence-electron chi connectivity index (χ2n) is 4.75.